The molecule has 4 aromatic heterocycles. The minimum Gasteiger partial charge on any atom is -0.294 e. The Hall–Kier alpha value is -2.90. The average molecular weight is 374 g/mol. The van der Waals surface area contributed by atoms with Crippen molar-refractivity contribution in [2.24, 2.45) is 0 Å². The summed E-state index contributed by atoms with van der Waals surface area (Å²) in [4.78, 5) is 17.2. The normalized spacial score (nSPS) is 14.2. The quantitative estimate of drug-likeness (QED) is 0.591. The number of rotatable bonds is 4. The number of aromatic amines is 1. The van der Waals surface area contributed by atoms with Crippen molar-refractivity contribution in [2.75, 3.05) is 6.54 Å². The summed E-state index contributed by atoms with van der Waals surface area (Å²) in [6.07, 6.45) is 8.40. The molecule has 0 saturated carbocycles. The SMILES string of the molecule is c1cncc(-c2ncc3c(n2)CCN(Cc2cn[nH]c2-c2cccs2)C3)c1. The zero-order valence-corrected chi connectivity index (χ0v) is 15.5. The van der Waals surface area contributed by atoms with Gasteiger partial charge in [-0.15, -0.1) is 11.3 Å². The second-order valence-electron chi connectivity index (χ2n) is 6.62. The standard InChI is InChI=1S/C20H18N6S/c1-3-14(9-21-6-1)20-22-10-15-12-26(7-5-17(15)24-20)13-16-11-23-25-19(16)18-4-2-8-27-18/h1-4,6,8-11H,5,7,12-13H2,(H,23,25). The summed E-state index contributed by atoms with van der Waals surface area (Å²) in [6, 6.07) is 8.10. The average Bonchev–Trinajstić information content (AvgIpc) is 3.40. The van der Waals surface area contributed by atoms with Crippen molar-refractivity contribution in [3.05, 3.63) is 71.3 Å². The van der Waals surface area contributed by atoms with Crippen LogP contribution in [0.5, 0.6) is 0 Å². The molecule has 0 fully saturated rings. The summed E-state index contributed by atoms with van der Waals surface area (Å²) >= 11 is 1.73. The molecule has 27 heavy (non-hydrogen) atoms. The van der Waals surface area contributed by atoms with Crippen LogP contribution in [-0.4, -0.2) is 36.6 Å². The second-order valence-corrected chi connectivity index (χ2v) is 7.56. The number of hydrogen-bond donors (Lipinski definition) is 1. The molecule has 0 aliphatic carbocycles. The summed E-state index contributed by atoms with van der Waals surface area (Å²) in [5.41, 5.74) is 5.66. The number of nitrogens with zero attached hydrogens (tertiary/aromatic N) is 5. The van der Waals surface area contributed by atoms with Gasteiger partial charge in [-0.2, -0.15) is 5.10 Å². The number of nitrogens with one attached hydrogen (secondary N) is 1. The Morgan fingerprint density at radius 1 is 1.15 bits per heavy atom. The van der Waals surface area contributed by atoms with Gasteiger partial charge in [0.25, 0.3) is 0 Å². The first kappa shape index (κ1) is 16.3. The van der Waals surface area contributed by atoms with Crippen LogP contribution in [0.4, 0.5) is 0 Å². The molecule has 6 nitrogen and oxygen atoms in total. The number of H-pyrrole nitrogens is 1. The van der Waals surface area contributed by atoms with Crippen LogP contribution in [0, 0.1) is 0 Å². The first-order valence-electron chi connectivity index (χ1n) is 8.90. The maximum Gasteiger partial charge on any atom is 0.160 e. The zero-order chi connectivity index (χ0) is 18.1. The third-order valence-corrected chi connectivity index (χ3v) is 5.70. The van der Waals surface area contributed by atoms with Crippen LogP contribution in [0.3, 0.4) is 0 Å². The molecule has 1 aliphatic rings. The Balaban J connectivity index is 1.34. The fourth-order valence-electron chi connectivity index (χ4n) is 3.45. The summed E-state index contributed by atoms with van der Waals surface area (Å²) < 4.78 is 0. The maximum absolute atomic E-state index is 4.78. The Labute approximate surface area is 161 Å². The summed E-state index contributed by atoms with van der Waals surface area (Å²) in [5, 5.41) is 9.49. The van der Waals surface area contributed by atoms with Crippen LogP contribution in [0.15, 0.2) is 54.4 Å². The van der Waals surface area contributed by atoms with Crippen molar-refractivity contribution in [1.29, 1.82) is 0 Å². The number of fused-ring (bicyclic) bond motifs is 1. The molecule has 134 valence electrons. The molecule has 7 heteroatoms. The number of pyridine rings is 1. The molecule has 4 aromatic rings. The van der Waals surface area contributed by atoms with E-state index in [1.165, 1.54) is 16.0 Å². The lowest BCUT2D eigenvalue weighted by molar-refractivity contribution is 0.243. The van der Waals surface area contributed by atoms with E-state index in [-0.39, 0.29) is 0 Å². The van der Waals surface area contributed by atoms with E-state index in [4.69, 9.17) is 4.98 Å². The van der Waals surface area contributed by atoms with Gasteiger partial charge in [0.15, 0.2) is 5.82 Å². The van der Waals surface area contributed by atoms with Gasteiger partial charge in [0.1, 0.15) is 0 Å². The van der Waals surface area contributed by atoms with Crippen LogP contribution in [0.25, 0.3) is 22.0 Å². The predicted molar refractivity (Wildman–Crippen MR) is 105 cm³/mol. The Kier molecular flexibility index (Phi) is 4.23. The third-order valence-electron chi connectivity index (χ3n) is 4.81. The van der Waals surface area contributed by atoms with Crippen molar-refractivity contribution in [3.63, 3.8) is 0 Å². The van der Waals surface area contributed by atoms with Gasteiger partial charge in [-0.1, -0.05) is 6.07 Å². The topological polar surface area (TPSA) is 70.6 Å². The lowest BCUT2D eigenvalue weighted by atomic mass is 10.1. The van der Waals surface area contributed by atoms with E-state index in [0.717, 1.165) is 48.8 Å². The van der Waals surface area contributed by atoms with E-state index >= 15 is 0 Å². The molecule has 0 atom stereocenters. The largest absolute Gasteiger partial charge is 0.294 e. The molecule has 0 bridgehead atoms. The van der Waals surface area contributed by atoms with Crippen molar-refractivity contribution < 1.29 is 0 Å². The molecule has 0 radical (unpaired) electrons. The van der Waals surface area contributed by atoms with Crippen LogP contribution < -0.4 is 0 Å². The lowest BCUT2D eigenvalue weighted by Gasteiger charge is -2.27. The van der Waals surface area contributed by atoms with Crippen LogP contribution >= 0.6 is 11.3 Å². The first-order valence-corrected chi connectivity index (χ1v) is 9.78. The summed E-state index contributed by atoms with van der Waals surface area (Å²) in [6.45, 7) is 2.71. The highest BCUT2D eigenvalue weighted by Gasteiger charge is 2.20. The van der Waals surface area contributed by atoms with Gasteiger partial charge in [-0.05, 0) is 23.6 Å². The maximum atomic E-state index is 4.78. The molecular weight excluding hydrogens is 356 g/mol. The van der Waals surface area contributed by atoms with E-state index in [1.807, 2.05) is 30.7 Å². The van der Waals surface area contributed by atoms with Crippen molar-refractivity contribution in [2.45, 2.75) is 19.5 Å². The molecule has 5 rings (SSSR count). The highest BCUT2D eigenvalue weighted by molar-refractivity contribution is 7.13. The van der Waals surface area contributed by atoms with E-state index in [1.54, 1.807) is 17.5 Å². The first-order chi connectivity index (χ1) is 13.4. The Morgan fingerprint density at radius 3 is 3.00 bits per heavy atom. The van der Waals surface area contributed by atoms with Gasteiger partial charge in [-0.25, -0.2) is 9.97 Å². The highest BCUT2D eigenvalue weighted by Crippen LogP contribution is 2.28. The molecule has 0 spiro atoms. The summed E-state index contributed by atoms with van der Waals surface area (Å²) in [7, 11) is 0. The van der Waals surface area contributed by atoms with Crippen molar-refractivity contribution >= 4 is 11.3 Å². The van der Waals surface area contributed by atoms with Gasteiger partial charge in [0, 0.05) is 61.3 Å². The van der Waals surface area contributed by atoms with Crippen molar-refractivity contribution in [1.82, 2.24) is 30.0 Å². The fourth-order valence-corrected chi connectivity index (χ4v) is 4.21. The van der Waals surface area contributed by atoms with Gasteiger partial charge in [0.2, 0.25) is 0 Å². The smallest absolute Gasteiger partial charge is 0.160 e. The highest BCUT2D eigenvalue weighted by atomic mass is 32.1. The monoisotopic (exact) mass is 374 g/mol. The third kappa shape index (κ3) is 3.27. The number of thiophene rings is 1. The van der Waals surface area contributed by atoms with Gasteiger partial charge >= 0.3 is 0 Å². The zero-order valence-electron chi connectivity index (χ0n) is 14.7. The van der Waals surface area contributed by atoms with E-state index in [0.29, 0.717) is 0 Å². The molecule has 5 heterocycles. The number of hydrogen-bond acceptors (Lipinski definition) is 6. The molecule has 0 aromatic carbocycles. The van der Waals surface area contributed by atoms with E-state index in [9.17, 15) is 0 Å². The van der Waals surface area contributed by atoms with Crippen LogP contribution in [0.1, 0.15) is 16.8 Å². The minimum absolute atomic E-state index is 0.755. The number of aromatic nitrogens is 5. The molecular formula is C20H18N6S. The Morgan fingerprint density at radius 2 is 2.15 bits per heavy atom. The molecule has 1 aliphatic heterocycles. The van der Waals surface area contributed by atoms with Crippen LogP contribution in [-0.2, 0) is 19.5 Å². The van der Waals surface area contributed by atoms with Gasteiger partial charge in [0.05, 0.1) is 22.5 Å². The van der Waals surface area contributed by atoms with E-state index in [2.05, 4.69) is 42.6 Å². The fraction of sp³-hybridized carbons (Fsp3) is 0.200. The predicted octanol–water partition coefficient (Wildman–Crippen LogP) is 3.55. The molecule has 0 saturated heterocycles. The summed E-state index contributed by atoms with van der Waals surface area (Å²) in [5.74, 6) is 0.755. The van der Waals surface area contributed by atoms with Gasteiger partial charge < -0.3 is 0 Å². The van der Waals surface area contributed by atoms with E-state index < -0.39 is 0 Å². The molecule has 0 unspecified atom stereocenters. The molecule has 1 N–H and O–H groups in total. The van der Waals surface area contributed by atoms with Gasteiger partial charge in [-0.3, -0.25) is 15.0 Å². The van der Waals surface area contributed by atoms with Crippen LogP contribution in [0.2, 0.25) is 0 Å². The molecule has 0 amide bonds. The minimum atomic E-state index is 0.755. The lowest BCUT2D eigenvalue weighted by Crippen LogP contribution is -2.31. The Bertz CT molecular complexity index is 1040. The second kappa shape index (κ2) is 7.02. The van der Waals surface area contributed by atoms with Crippen molar-refractivity contribution in [3.8, 4) is 22.0 Å².